The minimum Gasteiger partial charge on any atom is -0.872 e. The van der Waals surface area contributed by atoms with Gasteiger partial charge in [0.25, 0.3) is 0 Å². The van der Waals surface area contributed by atoms with Gasteiger partial charge in [-0.1, -0.05) is 36.1 Å². The van der Waals surface area contributed by atoms with Crippen LogP contribution in [0.4, 0.5) is 0 Å². The van der Waals surface area contributed by atoms with Crippen LogP contribution in [0.3, 0.4) is 0 Å². The molecule has 0 amide bonds. The van der Waals surface area contributed by atoms with Crippen molar-refractivity contribution in [2.45, 2.75) is 9.79 Å². The van der Waals surface area contributed by atoms with Crippen LogP contribution in [-0.2, 0) is 9.84 Å². The van der Waals surface area contributed by atoms with Gasteiger partial charge in [0.2, 0.25) is 9.84 Å². The summed E-state index contributed by atoms with van der Waals surface area (Å²) in [6, 6.07) is 10.1. The fourth-order valence-corrected chi connectivity index (χ4v) is 2.76. The van der Waals surface area contributed by atoms with Crippen LogP contribution in [0.1, 0.15) is 0 Å². The Labute approximate surface area is 156 Å². The molecule has 0 aliphatic carbocycles. The van der Waals surface area contributed by atoms with Crippen LogP contribution in [-0.4, -0.2) is 8.42 Å². The smallest absolute Gasteiger partial charge is 0.872 e. The molecule has 0 N–H and O–H groups in total. The number of hydrogen-bond donors (Lipinski definition) is 0. The molecule has 0 spiro atoms. The molecule has 0 bridgehead atoms. The molecular formula is C12H8Na2O4S. The Morgan fingerprint density at radius 3 is 1.84 bits per heavy atom. The minimum absolute atomic E-state index is 0. The molecule has 2 aromatic rings. The Kier molecular flexibility index (Phi) is 7.68. The molecule has 4 nitrogen and oxygen atoms in total. The summed E-state index contributed by atoms with van der Waals surface area (Å²) in [6.45, 7) is 0. The summed E-state index contributed by atoms with van der Waals surface area (Å²) in [5.74, 6) is -0.835. The summed E-state index contributed by atoms with van der Waals surface area (Å²) in [5.41, 5.74) is 0. The molecule has 7 heteroatoms. The van der Waals surface area contributed by atoms with Gasteiger partial charge in [-0.05, 0) is 18.2 Å². The first-order chi connectivity index (χ1) is 8.01. The number of rotatable bonds is 2. The number of sulfone groups is 1. The molecule has 0 fully saturated rings. The molecule has 0 atom stereocenters. The van der Waals surface area contributed by atoms with Crippen molar-refractivity contribution in [1.82, 2.24) is 0 Å². The number of benzene rings is 2. The van der Waals surface area contributed by atoms with Crippen LogP contribution in [0.25, 0.3) is 0 Å². The van der Waals surface area contributed by atoms with Crippen LogP contribution in [0, 0.1) is 0 Å². The van der Waals surface area contributed by atoms with Crippen molar-refractivity contribution in [3.8, 4) is 11.5 Å². The molecule has 2 aromatic carbocycles. The van der Waals surface area contributed by atoms with Crippen LogP contribution < -0.4 is 69.3 Å². The summed E-state index contributed by atoms with van der Waals surface area (Å²) in [7, 11) is -3.84. The van der Waals surface area contributed by atoms with Crippen LogP contribution in [0.2, 0.25) is 0 Å². The summed E-state index contributed by atoms with van der Waals surface area (Å²) in [5, 5.41) is 22.4. The van der Waals surface area contributed by atoms with Crippen molar-refractivity contribution in [2.75, 3.05) is 0 Å². The summed E-state index contributed by atoms with van der Waals surface area (Å²) in [6.07, 6.45) is 0. The van der Waals surface area contributed by atoms with Gasteiger partial charge in [-0.2, -0.15) is 0 Å². The molecule has 0 heterocycles. The van der Waals surface area contributed by atoms with Gasteiger partial charge in [0.1, 0.15) is 0 Å². The Hall–Kier alpha value is -0.01000. The maximum absolute atomic E-state index is 12.1. The van der Waals surface area contributed by atoms with E-state index < -0.39 is 15.6 Å². The molecule has 2 rings (SSSR count). The van der Waals surface area contributed by atoms with E-state index in [1.165, 1.54) is 36.4 Å². The third-order valence-electron chi connectivity index (χ3n) is 2.27. The quantitative estimate of drug-likeness (QED) is 0.518. The average Bonchev–Trinajstić information content (AvgIpc) is 2.30. The first-order valence-corrected chi connectivity index (χ1v) is 6.28. The zero-order valence-electron chi connectivity index (χ0n) is 10.7. The number of para-hydroxylation sites is 1. The van der Waals surface area contributed by atoms with E-state index in [2.05, 4.69) is 0 Å². The normalized spacial score (nSPS) is 10.1. The Morgan fingerprint density at radius 2 is 1.32 bits per heavy atom. The number of hydrogen-bond acceptors (Lipinski definition) is 4. The molecular weight excluding hydrogens is 286 g/mol. The van der Waals surface area contributed by atoms with E-state index in [1.54, 1.807) is 0 Å². The van der Waals surface area contributed by atoms with E-state index in [0.717, 1.165) is 12.1 Å². The first-order valence-electron chi connectivity index (χ1n) is 4.80. The molecule has 0 unspecified atom stereocenters. The second-order valence-electron chi connectivity index (χ2n) is 3.42. The third-order valence-corrected chi connectivity index (χ3v) is 4.08. The molecule has 0 saturated heterocycles. The topological polar surface area (TPSA) is 80.3 Å². The van der Waals surface area contributed by atoms with Gasteiger partial charge < -0.3 is 10.2 Å². The maximum Gasteiger partial charge on any atom is 1.00 e. The molecule has 19 heavy (non-hydrogen) atoms. The zero-order valence-corrected chi connectivity index (χ0v) is 15.5. The van der Waals surface area contributed by atoms with Gasteiger partial charge in [0, 0.05) is 0 Å². The molecule has 0 radical (unpaired) electrons. The van der Waals surface area contributed by atoms with Gasteiger partial charge in [-0.15, -0.1) is 5.75 Å². The third kappa shape index (κ3) is 4.23. The molecule has 0 aliphatic heterocycles. The van der Waals surface area contributed by atoms with Crippen molar-refractivity contribution in [3.63, 3.8) is 0 Å². The summed E-state index contributed by atoms with van der Waals surface area (Å²) in [4.78, 5) is -0.334. The molecule has 88 valence electrons. The second kappa shape index (κ2) is 7.69. The molecule has 0 aromatic heterocycles. The van der Waals surface area contributed by atoms with Crippen LogP contribution >= 0.6 is 0 Å². The van der Waals surface area contributed by atoms with Crippen molar-refractivity contribution in [3.05, 3.63) is 48.5 Å². The molecule has 0 saturated carbocycles. The Bertz CT molecular complexity index is 639. The van der Waals surface area contributed by atoms with Gasteiger partial charge in [-0.25, -0.2) is 8.42 Å². The second-order valence-corrected chi connectivity index (χ2v) is 5.34. The van der Waals surface area contributed by atoms with E-state index in [9.17, 15) is 18.6 Å². The van der Waals surface area contributed by atoms with E-state index in [4.69, 9.17) is 0 Å². The fourth-order valence-electron chi connectivity index (χ4n) is 1.42. The summed E-state index contributed by atoms with van der Waals surface area (Å²) < 4.78 is 24.1. The van der Waals surface area contributed by atoms with Crippen molar-refractivity contribution in [2.24, 2.45) is 0 Å². The van der Waals surface area contributed by atoms with Gasteiger partial charge in [0.05, 0.1) is 9.79 Å². The zero-order chi connectivity index (χ0) is 12.5. The van der Waals surface area contributed by atoms with Crippen molar-refractivity contribution in [1.29, 1.82) is 0 Å². The average molecular weight is 294 g/mol. The van der Waals surface area contributed by atoms with E-state index >= 15 is 0 Å². The monoisotopic (exact) mass is 294 g/mol. The van der Waals surface area contributed by atoms with Gasteiger partial charge in [-0.3, -0.25) is 0 Å². The van der Waals surface area contributed by atoms with E-state index in [1.807, 2.05) is 0 Å². The minimum atomic E-state index is -3.84. The largest absolute Gasteiger partial charge is 1.00 e. The van der Waals surface area contributed by atoms with Crippen LogP contribution in [0.5, 0.6) is 11.5 Å². The Balaban J connectivity index is 0.00000162. The first kappa shape index (κ1) is 19.0. The fraction of sp³-hybridized carbons (Fsp3) is 0. The van der Waals surface area contributed by atoms with Gasteiger partial charge in [0.15, 0.2) is 0 Å². The van der Waals surface area contributed by atoms with Crippen molar-refractivity contribution >= 4 is 9.84 Å². The predicted molar refractivity (Wildman–Crippen MR) is 57.2 cm³/mol. The van der Waals surface area contributed by atoms with E-state index in [-0.39, 0.29) is 74.7 Å². The summed E-state index contributed by atoms with van der Waals surface area (Å²) >= 11 is 0. The Morgan fingerprint density at radius 1 is 0.789 bits per heavy atom. The van der Waals surface area contributed by atoms with Crippen molar-refractivity contribution < 1.29 is 77.7 Å². The SMILES string of the molecule is O=S(=O)(c1ccc([O-])cc1)c1ccccc1[O-].[Na+].[Na+]. The maximum atomic E-state index is 12.1. The van der Waals surface area contributed by atoms with Gasteiger partial charge >= 0.3 is 59.1 Å². The molecule has 0 aliphatic rings. The predicted octanol–water partition coefficient (Wildman–Crippen LogP) is -5.33. The van der Waals surface area contributed by atoms with Crippen LogP contribution in [0.15, 0.2) is 58.3 Å². The van der Waals surface area contributed by atoms with E-state index in [0.29, 0.717) is 0 Å². The standard InChI is InChI=1S/C12H10O4S.2Na/c13-9-5-7-10(8-6-9)17(15,16)12-4-2-1-3-11(12)14;;/h1-8,13-14H;;/q;2*+1/p-2.